The fourth-order valence-corrected chi connectivity index (χ4v) is 3.92. The first-order chi connectivity index (χ1) is 9.43. The lowest BCUT2D eigenvalue weighted by Gasteiger charge is -2.25. The highest BCUT2D eigenvalue weighted by molar-refractivity contribution is 7.91. The molecule has 1 aliphatic rings. The Morgan fingerprint density at radius 2 is 2.05 bits per heavy atom. The molecule has 20 heavy (non-hydrogen) atoms. The largest absolute Gasteiger partial charge is 0.355 e. The van der Waals surface area contributed by atoms with E-state index in [0.29, 0.717) is 13.0 Å². The van der Waals surface area contributed by atoms with E-state index >= 15 is 0 Å². The molecular formula is C14H23N3O2S. The SMILES string of the molecule is CNCc1c(C)cc(C)nc1N1CCCS(=O)(=O)CC1. The maximum atomic E-state index is 11.7. The van der Waals surface area contributed by atoms with Crippen LogP contribution in [-0.4, -0.2) is 45.0 Å². The summed E-state index contributed by atoms with van der Waals surface area (Å²) in [6.07, 6.45) is 0.677. The van der Waals surface area contributed by atoms with E-state index in [-0.39, 0.29) is 11.5 Å². The molecule has 0 saturated carbocycles. The molecule has 0 unspecified atom stereocenters. The van der Waals surface area contributed by atoms with Gasteiger partial charge in [0.25, 0.3) is 0 Å². The Labute approximate surface area is 121 Å². The van der Waals surface area contributed by atoms with Crippen LogP contribution in [0.15, 0.2) is 6.07 Å². The molecule has 0 aromatic carbocycles. The van der Waals surface area contributed by atoms with Crippen molar-refractivity contribution in [3.8, 4) is 0 Å². The van der Waals surface area contributed by atoms with Crippen LogP contribution >= 0.6 is 0 Å². The third kappa shape index (κ3) is 3.49. The second-order valence-electron chi connectivity index (χ2n) is 5.41. The van der Waals surface area contributed by atoms with E-state index < -0.39 is 9.84 Å². The van der Waals surface area contributed by atoms with Crippen molar-refractivity contribution < 1.29 is 8.42 Å². The van der Waals surface area contributed by atoms with Gasteiger partial charge in [0.1, 0.15) is 5.82 Å². The van der Waals surface area contributed by atoms with Crippen molar-refractivity contribution in [2.75, 3.05) is 36.5 Å². The van der Waals surface area contributed by atoms with Gasteiger partial charge in [-0.2, -0.15) is 0 Å². The van der Waals surface area contributed by atoms with Crippen LogP contribution in [0.4, 0.5) is 5.82 Å². The lowest BCUT2D eigenvalue weighted by atomic mass is 10.1. The lowest BCUT2D eigenvalue weighted by Crippen LogP contribution is -2.30. The van der Waals surface area contributed by atoms with Gasteiger partial charge in [0.2, 0.25) is 0 Å². The van der Waals surface area contributed by atoms with Crippen LogP contribution in [0, 0.1) is 13.8 Å². The number of pyridine rings is 1. The molecule has 0 spiro atoms. The van der Waals surface area contributed by atoms with Crippen molar-refractivity contribution in [2.45, 2.75) is 26.8 Å². The van der Waals surface area contributed by atoms with Crippen LogP contribution in [0.3, 0.4) is 0 Å². The topological polar surface area (TPSA) is 62.3 Å². The molecule has 6 heteroatoms. The quantitative estimate of drug-likeness (QED) is 0.903. The summed E-state index contributed by atoms with van der Waals surface area (Å²) in [6.45, 7) is 6.10. The third-order valence-electron chi connectivity index (χ3n) is 3.66. The first-order valence-electron chi connectivity index (χ1n) is 7.00. The highest BCUT2D eigenvalue weighted by atomic mass is 32.2. The van der Waals surface area contributed by atoms with Crippen LogP contribution in [0.1, 0.15) is 23.2 Å². The van der Waals surface area contributed by atoms with E-state index in [1.807, 2.05) is 14.0 Å². The van der Waals surface area contributed by atoms with Gasteiger partial charge in [0.05, 0.1) is 11.5 Å². The Morgan fingerprint density at radius 3 is 2.75 bits per heavy atom. The van der Waals surface area contributed by atoms with Gasteiger partial charge in [-0.15, -0.1) is 0 Å². The van der Waals surface area contributed by atoms with Crippen LogP contribution in [0.2, 0.25) is 0 Å². The summed E-state index contributed by atoms with van der Waals surface area (Å²) in [5, 5.41) is 3.17. The molecule has 1 fully saturated rings. The van der Waals surface area contributed by atoms with Crippen molar-refractivity contribution in [3.63, 3.8) is 0 Å². The minimum absolute atomic E-state index is 0.223. The van der Waals surface area contributed by atoms with E-state index in [0.717, 1.165) is 30.2 Å². The van der Waals surface area contributed by atoms with E-state index in [1.54, 1.807) is 0 Å². The van der Waals surface area contributed by atoms with Gasteiger partial charge in [-0.05, 0) is 38.9 Å². The van der Waals surface area contributed by atoms with Gasteiger partial charge < -0.3 is 10.2 Å². The molecule has 5 nitrogen and oxygen atoms in total. The average molecular weight is 297 g/mol. The normalized spacial score (nSPS) is 18.9. The molecule has 0 radical (unpaired) electrons. The number of sulfone groups is 1. The molecule has 0 atom stereocenters. The van der Waals surface area contributed by atoms with Gasteiger partial charge in [0, 0.05) is 30.9 Å². The molecule has 0 aliphatic carbocycles. The minimum Gasteiger partial charge on any atom is -0.355 e. The number of aromatic nitrogens is 1. The van der Waals surface area contributed by atoms with Crippen LogP contribution in [0.25, 0.3) is 0 Å². The zero-order chi connectivity index (χ0) is 14.8. The maximum absolute atomic E-state index is 11.7. The zero-order valence-corrected chi connectivity index (χ0v) is 13.3. The Bertz CT molecular complexity index is 584. The molecule has 2 rings (SSSR count). The number of anilines is 1. The minimum atomic E-state index is -2.89. The second-order valence-corrected chi connectivity index (χ2v) is 7.71. The predicted octanol–water partition coefficient (Wildman–Crippen LogP) is 1.04. The van der Waals surface area contributed by atoms with Crippen molar-refractivity contribution >= 4 is 15.7 Å². The van der Waals surface area contributed by atoms with Crippen LogP contribution in [-0.2, 0) is 16.4 Å². The summed E-state index contributed by atoms with van der Waals surface area (Å²) >= 11 is 0. The van der Waals surface area contributed by atoms with Gasteiger partial charge in [-0.25, -0.2) is 13.4 Å². The Hall–Kier alpha value is -1.14. The van der Waals surface area contributed by atoms with Crippen molar-refractivity contribution in [2.24, 2.45) is 0 Å². The van der Waals surface area contributed by atoms with Crippen LogP contribution < -0.4 is 10.2 Å². The summed E-state index contributed by atoms with van der Waals surface area (Å²) in [7, 11) is -0.978. The first-order valence-corrected chi connectivity index (χ1v) is 8.82. The second kappa shape index (κ2) is 6.10. The fourth-order valence-electron chi connectivity index (χ4n) is 2.65. The predicted molar refractivity (Wildman–Crippen MR) is 82.0 cm³/mol. The van der Waals surface area contributed by atoms with Gasteiger partial charge in [-0.3, -0.25) is 0 Å². The van der Waals surface area contributed by atoms with Crippen molar-refractivity contribution in [1.82, 2.24) is 10.3 Å². The summed E-state index contributed by atoms with van der Waals surface area (Å²) in [6, 6.07) is 2.07. The van der Waals surface area contributed by atoms with Gasteiger partial charge in [-0.1, -0.05) is 0 Å². The van der Waals surface area contributed by atoms with E-state index in [2.05, 4.69) is 28.2 Å². The molecule has 1 saturated heterocycles. The van der Waals surface area contributed by atoms with E-state index in [4.69, 9.17) is 0 Å². The highest BCUT2D eigenvalue weighted by Gasteiger charge is 2.22. The van der Waals surface area contributed by atoms with Crippen molar-refractivity contribution in [3.05, 3.63) is 22.9 Å². The number of rotatable bonds is 3. The Kier molecular flexibility index (Phi) is 4.65. The summed E-state index contributed by atoms with van der Waals surface area (Å²) in [5.74, 6) is 1.45. The molecule has 0 bridgehead atoms. The fraction of sp³-hybridized carbons (Fsp3) is 0.643. The molecule has 112 valence electrons. The number of nitrogens with one attached hydrogen (secondary N) is 1. The van der Waals surface area contributed by atoms with Crippen molar-refractivity contribution in [1.29, 1.82) is 0 Å². The Balaban J connectivity index is 2.35. The molecule has 0 amide bonds. The average Bonchev–Trinajstić information content (AvgIpc) is 2.53. The number of hydrogen-bond donors (Lipinski definition) is 1. The molecular weight excluding hydrogens is 274 g/mol. The third-order valence-corrected chi connectivity index (χ3v) is 5.38. The first kappa shape index (κ1) is 15.3. The monoisotopic (exact) mass is 297 g/mol. The standard InChI is InChI=1S/C14H23N3O2S/c1-11-9-12(2)16-14(13(11)10-15-3)17-5-4-7-20(18,19)8-6-17/h9,15H,4-8,10H2,1-3H3. The number of hydrogen-bond acceptors (Lipinski definition) is 5. The smallest absolute Gasteiger partial charge is 0.152 e. The summed E-state index contributed by atoms with van der Waals surface area (Å²) in [5.41, 5.74) is 3.34. The number of aryl methyl sites for hydroxylation is 2. The van der Waals surface area contributed by atoms with E-state index in [9.17, 15) is 8.42 Å². The van der Waals surface area contributed by atoms with Gasteiger partial charge >= 0.3 is 0 Å². The molecule has 1 aliphatic heterocycles. The molecule has 2 heterocycles. The molecule has 1 aromatic rings. The van der Waals surface area contributed by atoms with E-state index in [1.165, 1.54) is 5.56 Å². The van der Waals surface area contributed by atoms with Gasteiger partial charge in [0.15, 0.2) is 9.84 Å². The maximum Gasteiger partial charge on any atom is 0.152 e. The van der Waals surface area contributed by atoms with Crippen LogP contribution in [0.5, 0.6) is 0 Å². The lowest BCUT2D eigenvalue weighted by molar-refractivity contribution is 0.597. The molecule has 1 N–H and O–H groups in total. The zero-order valence-electron chi connectivity index (χ0n) is 12.4. The number of nitrogens with zero attached hydrogens (tertiary/aromatic N) is 2. The molecule has 1 aromatic heterocycles. The summed E-state index contributed by atoms with van der Waals surface area (Å²) in [4.78, 5) is 6.78. The highest BCUT2D eigenvalue weighted by Crippen LogP contribution is 2.24. The Morgan fingerprint density at radius 1 is 1.30 bits per heavy atom. The summed E-state index contributed by atoms with van der Waals surface area (Å²) < 4.78 is 23.5.